The van der Waals surface area contributed by atoms with Crippen molar-refractivity contribution in [3.05, 3.63) is 94.0 Å². The van der Waals surface area contributed by atoms with Crippen LogP contribution in [0.4, 0.5) is 11.4 Å². The second-order valence-electron chi connectivity index (χ2n) is 13.2. The molecule has 2 aliphatic heterocycles. The topological polar surface area (TPSA) is 146 Å². The van der Waals surface area contributed by atoms with Crippen LogP contribution in [-0.2, 0) is 0 Å². The zero-order chi connectivity index (χ0) is 38.5. The zero-order valence-electron chi connectivity index (χ0n) is 31.2. The summed E-state index contributed by atoms with van der Waals surface area (Å²) in [7, 11) is 0. The molecule has 4 aromatic carbocycles. The Hall–Kier alpha value is -6.04. The summed E-state index contributed by atoms with van der Waals surface area (Å²) in [5, 5.41) is 21.6. The van der Waals surface area contributed by atoms with Gasteiger partial charge in [-0.2, -0.15) is 0 Å². The fourth-order valence-corrected chi connectivity index (χ4v) is 7.20. The second-order valence-corrected chi connectivity index (χ2v) is 13.2. The molecule has 0 atom stereocenters. The maximum atomic E-state index is 13.7. The molecule has 6 rings (SSSR count). The number of rotatable bonds is 16. The van der Waals surface area contributed by atoms with E-state index in [1.807, 2.05) is 24.3 Å². The molecule has 280 valence electrons. The van der Waals surface area contributed by atoms with Gasteiger partial charge in [0.25, 0.3) is 23.6 Å². The molecule has 4 aromatic rings. The zero-order valence-corrected chi connectivity index (χ0v) is 31.2. The minimum Gasteiger partial charge on any atom is -0.507 e. The monoisotopic (exact) mass is 730 g/mol. The third-order valence-corrected chi connectivity index (χ3v) is 10.1. The van der Waals surface area contributed by atoms with Crippen LogP contribution in [0.5, 0.6) is 11.5 Å². The van der Waals surface area contributed by atoms with E-state index in [0.717, 1.165) is 37.6 Å². The smallest absolute Gasteiger partial charge is 0.261 e. The summed E-state index contributed by atoms with van der Waals surface area (Å²) in [5.74, 6) is -1.70. The maximum Gasteiger partial charge on any atom is 0.261 e. The molecule has 0 spiro atoms. The summed E-state index contributed by atoms with van der Waals surface area (Å²) in [6.07, 6.45) is 3.98. The molecule has 0 bridgehead atoms. The third kappa shape index (κ3) is 7.15. The molecule has 12 nitrogen and oxygen atoms in total. The van der Waals surface area contributed by atoms with Crippen molar-refractivity contribution in [3.8, 4) is 11.5 Å². The number of phenolic OH excluding ortho intramolecular Hbond substituents is 2. The first-order chi connectivity index (χ1) is 26.1. The van der Waals surface area contributed by atoms with Crippen molar-refractivity contribution in [2.75, 3.05) is 62.2 Å². The lowest BCUT2D eigenvalue weighted by atomic mass is 9.86. The van der Waals surface area contributed by atoms with Gasteiger partial charge < -0.3 is 20.0 Å². The van der Waals surface area contributed by atoms with Crippen molar-refractivity contribution in [1.29, 1.82) is 0 Å². The molecule has 0 radical (unpaired) electrons. The number of hydrogen-bond acceptors (Lipinski definition) is 10. The van der Waals surface area contributed by atoms with E-state index in [1.54, 1.807) is 48.8 Å². The Balaban J connectivity index is 1.09. The summed E-state index contributed by atoms with van der Waals surface area (Å²) in [6, 6.07) is 17.2. The number of benzene rings is 4. The fraction of sp³-hybridized carbons (Fsp3) is 0.333. The number of phenols is 2. The molecule has 0 fully saturated rings. The van der Waals surface area contributed by atoms with Gasteiger partial charge in [0.1, 0.15) is 11.5 Å². The van der Waals surface area contributed by atoms with Gasteiger partial charge in [0.2, 0.25) is 0 Å². The number of carbonyl (C=O) groups is 4. The largest absolute Gasteiger partial charge is 0.507 e. The molecular weight excluding hydrogens is 684 g/mol. The first-order valence-corrected chi connectivity index (χ1v) is 18.6. The summed E-state index contributed by atoms with van der Waals surface area (Å²) in [4.78, 5) is 70.1. The van der Waals surface area contributed by atoms with Crippen molar-refractivity contribution in [2.45, 2.75) is 40.5 Å². The molecule has 12 heteroatoms. The second kappa shape index (κ2) is 16.3. The number of nitrogens with zero attached hydrogens (tertiary/aromatic N) is 6. The van der Waals surface area contributed by atoms with Gasteiger partial charge >= 0.3 is 0 Å². The van der Waals surface area contributed by atoms with Crippen molar-refractivity contribution >= 4 is 58.2 Å². The van der Waals surface area contributed by atoms with Crippen LogP contribution in [0.3, 0.4) is 0 Å². The molecule has 0 saturated heterocycles. The highest BCUT2D eigenvalue weighted by Crippen LogP contribution is 2.38. The predicted molar refractivity (Wildman–Crippen MR) is 212 cm³/mol. The van der Waals surface area contributed by atoms with E-state index in [0.29, 0.717) is 47.8 Å². The average molecular weight is 731 g/mol. The van der Waals surface area contributed by atoms with Crippen LogP contribution in [-0.4, -0.2) is 108 Å². The molecule has 4 amide bonds. The Bertz CT molecular complexity index is 1950. The number of hydrogen-bond donors (Lipinski definition) is 2. The van der Waals surface area contributed by atoms with Crippen LogP contribution < -0.4 is 9.80 Å². The van der Waals surface area contributed by atoms with Gasteiger partial charge in [0.05, 0.1) is 0 Å². The van der Waals surface area contributed by atoms with Crippen molar-refractivity contribution in [2.24, 2.45) is 9.98 Å². The van der Waals surface area contributed by atoms with Crippen molar-refractivity contribution < 1.29 is 29.4 Å². The van der Waals surface area contributed by atoms with Crippen LogP contribution in [0, 0.1) is 0 Å². The summed E-state index contributed by atoms with van der Waals surface area (Å²) in [6.45, 7) is 12.4. The van der Waals surface area contributed by atoms with Crippen molar-refractivity contribution in [1.82, 2.24) is 9.80 Å². The number of aromatic hydroxyl groups is 2. The minimum atomic E-state index is -0.487. The van der Waals surface area contributed by atoms with E-state index in [9.17, 15) is 29.4 Å². The molecule has 0 aliphatic carbocycles. The Morgan fingerprint density at radius 1 is 0.537 bits per heavy atom. The highest BCUT2D eigenvalue weighted by Gasteiger charge is 2.39. The number of anilines is 2. The summed E-state index contributed by atoms with van der Waals surface area (Å²) < 4.78 is 0. The molecular formula is C42H46N6O6. The fourth-order valence-electron chi connectivity index (χ4n) is 7.20. The molecule has 0 unspecified atom stereocenters. The molecule has 54 heavy (non-hydrogen) atoms. The number of imide groups is 2. The van der Waals surface area contributed by atoms with E-state index in [-0.39, 0.29) is 46.8 Å². The summed E-state index contributed by atoms with van der Waals surface area (Å²) in [5.41, 5.74) is 4.08. The minimum absolute atomic E-state index is 0.126. The van der Waals surface area contributed by atoms with Crippen LogP contribution in [0.25, 0.3) is 10.8 Å². The lowest BCUT2D eigenvalue weighted by molar-refractivity contribution is 0.0588. The Morgan fingerprint density at radius 2 is 0.870 bits per heavy atom. The van der Waals surface area contributed by atoms with Crippen molar-refractivity contribution in [3.63, 3.8) is 0 Å². The first-order valence-electron chi connectivity index (χ1n) is 18.6. The molecule has 0 saturated carbocycles. The Kier molecular flexibility index (Phi) is 11.4. The van der Waals surface area contributed by atoms with Gasteiger partial charge in [0.15, 0.2) is 0 Å². The Labute approximate surface area is 315 Å². The van der Waals surface area contributed by atoms with E-state index in [4.69, 9.17) is 0 Å². The van der Waals surface area contributed by atoms with Crippen LogP contribution in [0.1, 0.15) is 93.1 Å². The van der Waals surface area contributed by atoms with Gasteiger partial charge in [-0.1, -0.05) is 0 Å². The average Bonchev–Trinajstić information content (AvgIpc) is 3.17. The maximum absolute atomic E-state index is 13.7. The molecule has 0 aromatic heterocycles. The van der Waals surface area contributed by atoms with E-state index < -0.39 is 23.6 Å². The lowest BCUT2D eigenvalue weighted by Gasteiger charge is -2.31. The number of aliphatic imine (C=N–C) groups is 2. The van der Waals surface area contributed by atoms with E-state index >= 15 is 0 Å². The molecule has 2 N–H and O–H groups in total. The first kappa shape index (κ1) is 37.7. The predicted octanol–water partition coefficient (Wildman–Crippen LogP) is 6.15. The van der Waals surface area contributed by atoms with Crippen LogP contribution in [0.2, 0.25) is 0 Å². The van der Waals surface area contributed by atoms with Gasteiger partial charge in [-0.05, 0) is 89.1 Å². The normalized spacial score (nSPS) is 14.0. The van der Waals surface area contributed by atoms with Crippen LogP contribution >= 0.6 is 0 Å². The number of carbonyl (C=O) groups excluding carboxylic acids is 4. The number of amides is 4. The van der Waals surface area contributed by atoms with Gasteiger partial charge in [-0.15, -0.1) is 0 Å². The van der Waals surface area contributed by atoms with Gasteiger partial charge in [-0.3, -0.25) is 39.0 Å². The van der Waals surface area contributed by atoms with Gasteiger partial charge in [-0.25, -0.2) is 0 Å². The van der Waals surface area contributed by atoms with E-state index in [2.05, 4.69) is 47.5 Å². The van der Waals surface area contributed by atoms with Crippen LogP contribution in [0.15, 0.2) is 70.6 Å². The SMILES string of the molecule is CCN(CC)c1ccc(C=NCCCN2C(=O)c3ccc4c5c(ccc(c35)C2=O)C(=O)N(CCCN=Cc2ccc(N(CC)CC)cc2O)C4=O)c(O)c1. The summed E-state index contributed by atoms with van der Waals surface area (Å²) >= 11 is 0. The third-order valence-electron chi connectivity index (χ3n) is 10.1. The highest BCUT2D eigenvalue weighted by atomic mass is 16.3. The molecule has 2 heterocycles. The van der Waals surface area contributed by atoms with E-state index in [1.165, 1.54) is 9.80 Å². The van der Waals surface area contributed by atoms with Gasteiger partial charge in [0, 0.05) is 132 Å². The molecule has 2 aliphatic rings. The highest BCUT2D eigenvalue weighted by molar-refractivity contribution is 6.33. The lowest BCUT2D eigenvalue weighted by Crippen LogP contribution is -2.44. The standard InChI is InChI=1S/C42H46N6O6/c1-5-45(6-2)29-13-11-27(35(49)23-29)25-43-19-9-21-47-39(51)31-15-17-33-38-34(18-16-32(37(31)38)40(47)52)42(54)48(41(33)53)22-10-20-44-26-28-12-14-30(24-36(28)50)46(7-3)8-4/h11-18,23-26,49-50H,5-10,19-22H2,1-4H3. The quantitative estimate of drug-likeness (QED) is 0.0793. The Morgan fingerprint density at radius 3 is 1.17 bits per heavy atom.